The number of nitrogens with zero attached hydrogens (tertiary/aromatic N) is 4. The van der Waals surface area contributed by atoms with Gasteiger partial charge < -0.3 is 14.8 Å². The van der Waals surface area contributed by atoms with Gasteiger partial charge in [0.15, 0.2) is 5.75 Å². The van der Waals surface area contributed by atoms with Crippen LogP contribution in [0.4, 0.5) is 5.82 Å². The Hall–Kier alpha value is -3.74. The fourth-order valence-electron chi connectivity index (χ4n) is 3.79. The molecule has 1 aromatic carbocycles. The van der Waals surface area contributed by atoms with Crippen LogP contribution in [0.25, 0.3) is 22.0 Å². The maximum Gasteiger partial charge on any atom is 0.257 e. The van der Waals surface area contributed by atoms with E-state index in [2.05, 4.69) is 50.4 Å². The van der Waals surface area contributed by atoms with Crippen LogP contribution in [0.1, 0.15) is 24.8 Å². The van der Waals surface area contributed by atoms with Crippen molar-refractivity contribution in [2.45, 2.75) is 19.3 Å². The van der Waals surface area contributed by atoms with Gasteiger partial charge in [0, 0.05) is 47.7 Å². The molecule has 3 aromatic heterocycles. The Balaban J connectivity index is 1.26. The van der Waals surface area contributed by atoms with Crippen molar-refractivity contribution in [2.24, 2.45) is 0 Å². The van der Waals surface area contributed by atoms with Gasteiger partial charge in [-0.25, -0.2) is 15.0 Å². The van der Waals surface area contributed by atoms with E-state index in [4.69, 9.17) is 9.47 Å². The third-order valence-corrected chi connectivity index (χ3v) is 5.49. The Kier molecular flexibility index (Phi) is 5.31. The second-order valence-electron chi connectivity index (χ2n) is 7.57. The summed E-state index contributed by atoms with van der Waals surface area (Å²) < 4.78 is 11.4. The molecule has 0 bridgehead atoms. The molecule has 7 nitrogen and oxygen atoms in total. The summed E-state index contributed by atoms with van der Waals surface area (Å²) in [5.74, 6) is 2.46. The van der Waals surface area contributed by atoms with Gasteiger partial charge in [0.05, 0.1) is 5.69 Å². The van der Waals surface area contributed by atoms with Gasteiger partial charge in [0.1, 0.15) is 25.4 Å². The molecule has 31 heavy (non-hydrogen) atoms. The summed E-state index contributed by atoms with van der Waals surface area (Å²) in [6, 6.07) is 12.3. The summed E-state index contributed by atoms with van der Waals surface area (Å²) in [5, 5.41) is 5.67. The van der Waals surface area contributed by atoms with Gasteiger partial charge in [-0.2, -0.15) is 0 Å². The molecule has 1 aliphatic rings. The molecule has 0 spiro atoms. The topological polar surface area (TPSA) is 82.1 Å². The number of aromatic nitrogens is 4. The normalized spacial score (nSPS) is 13.7. The molecule has 1 atom stereocenters. The Labute approximate surface area is 180 Å². The second-order valence-corrected chi connectivity index (χ2v) is 7.57. The molecule has 156 valence electrons. The van der Waals surface area contributed by atoms with E-state index in [1.807, 2.05) is 24.4 Å². The first-order valence-corrected chi connectivity index (χ1v) is 10.4. The Bertz CT molecular complexity index is 1210. The minimum absolute atomic E-state index is 0.292. The van der Waals surface area contributed by atoms with Crippen LogP contribution in [-0.2, 0) is 0 Å². The third kappa shape index (κ3) is 4.12. The Morgan fingerprint density at radius 1 is 0.968 bits per heavy atom. The molecule has 0 saturated heterocycles. The van der Waals surface area contributed by atoms with Gasteiger partial charge in [-0.3, -0.25) is 4.98 Å². The van der Waals surface area contributed by atoms with Gasteiger partial charge >= 0.3 is 0 Å². The van der Waals surface area contributed by atoms with E-state index in [0.29, 0.717) is 25.0 Å². The van der Waals surface area contributed by atoms with Crippen LogP contribution in [-0.4, -0.2) is 39.7 Å². The zero-order valence-corrected chi connectivity index (χ0v) is 17.3. The van der Waals surface area contributed by atoms with Crippen LogP contribution >= 0.6 is 0 Å². The lowest BCUT2D eigenvalue weighted by Gasteiger charge is -2.22. The molecule has 1 aliphatic heterocycles. The van der Waals surface area contributed by atoms with Crippen molar-refractivity contribution in [2.75, 3.05) is 25.1 Å². The van der Waals surface area contributed by atoms with Crippen molar-refractivity contribution in [3.8, 4) is 22.9 Å². The molecule has 7 heteroatoms. The number of pyridine rings is 2. The standard InChI is InChI=1S/C24H23N5O2/c1-16(20-6-9-27-24-23(20)30-10-11-31-24)4-8-26-22-13-21(28-15-29-22)18-3-2-17-5-7-25-14-19(17)12-18/h2-3,5-7,9,12-16H,4,8,10-11H2,1H3,(H,26,28,29). The number of ether oxygens (including phenoxy) is 2. The lowest BCUT2D eigenvalue weighted by molar-refractivity contribution is 0.162. The maximum atomic E-state index is 5.80. The number of hydrogen-bond acceptors (Lipinski definition) is 7. The first-order chi connectivity index (χ1) is 15.3. The molecule has 1 N–H and O–H groups in total. The van der Waals surface area contributed by atoms with Crippen LogP contribution < -0.4 is 14.8 Å². The largest absolute Gasteiger partial charge is 0.484 e. The molecule has 0 amide bonds. The summed E-state index contributed by atoms with van der Waals surface area (Å²) >= 11 is 0. The zero-order chi connectivity index (χ0) is 21.0. The van der Waals surface area contributed by atoms with E-state index < -0.39 is 0 Å². The van der Waals surface area contributed by atoms with Crippen LogP contribution in [0.5, 0.6) is 11.6 Å². The zero-order valence-electron chi connectivity index (χ0n) is 17.3. The highest BCUT2D eigenvalue weighted by Crippen LogP contribution is 2.36. The summed E-state index contributed by atoms with van der Waals surface area (Å²) in [7, 11) is 0. The molecule has 0 radical (unpaired) electrons. The van der Waals surface area contributed by atoms with Crippen molar-refractivity contribution < 1.29 is 9.47 Å². The SMILES string of the molecule is CC(CCNc1cc(-c2ccc3ccncc3c2)ncn1)c1ccnc2c1OCCO2. The lowest BCUT2D eigenvalue weighted by Crippen LogP contribution is -2.18. The van der Waals surface area contributed by atoms with E-state index >= 15 is 0 Å². The molecule has 0 aliphatic carbocycles. The number of hydrogen-bond donors (Lipinski definition) is 1. The number of anilines is 1. The number of nitrogens with one attached hydrogen (secondary N) is 1. The number of fused-ring (bicyclic) bond motifs is 2. The summed E-state index contributed by atoms with van der Waals surface area (Å²) in [6.07, 6.45) is 7.96. The minimum Gasteiger partial charge on any atom is -0.484 e. The lowest BCUT2D eigenvalue weighted by atomic mass is 9.97. The van der Waals surface area contributed by atoms with E-state index in [-0.39, 0.29) is 0 Å². The predicted molar refractivity (Wildman–Crippen MR) is 120 cm³/mol. The van der Waals surface area contributed by atoms with Crippen LogP contribution in [0, 0.1) is 0 Å². The van der Waals surface area contributed by atoms with Gasteiger partial charge in [-0.15, -0.1) is 0 Å². The fraction of sp³-hybridized carbons (Fsp3) is 0.250. The Morgan fingerprint density at radius 3 is 2.87 bits per heavy atom. The monoisotopic (exact) mass is 413 g/mol. The molecular formula is C24H23N5O2. The van der Waals surface area contributed by atoms with E-state index in [0.717, 1.165) is 52.1 Å². The van der Waals surface area contributed by atoms with E-state index in [9.17, 15) is 0 Å². The van der Waals surface area contributed by atoms with Crippen LogP contribution in [0.3, 0.4) is 0 Å². The summed E-state index contributed by atoms with van der Waals surface area (Å²) in [6.45, 7) is 4.06. The quantitative estimate of drug-likeness (QED) is 0.500. The van der Waals surface area contributed by atoms with Gasteiger partial charge in [0.2, 0.25) is 0 Å². The highest BCUT2D eigenvalue weighted by Gasteiger charge is 2.20. The smallest absolute Gasteiger partial charge is 0.257 e. The van der Waals surface area contributed by atoms with Crippen molar-refractivity contribution in [3.05, 3.63) is 66.9 Å². The van der Waals surface area contributed by atoms with Crippen molar-refractivity contribution in [1.82, 2.24) is 19.9 Å². The van der Waals surface area contributed by atoms with Gasteiger partial charge in [-0.05, 0) is 35.9 Å². The van der Waals surface area contributed by atoms with E-state index in [1.54, 1.807) is 18.7 Å². The highest BCUT2D eigenvalue weighted by atomic mass is 16.6. The molecule has 5 rings (SSSR count). The minimum atomic E-state index is 0.292. The predicted octanol–water partition coefficient (Wildman–Crippen LogP) is 4.46. The highest BCUT2D eigenvalue weighted by molar-refractivity contribution is 5.86. The fourth-order valence-corrected chi connectivity index (χ4v) is 3.79. The third-order valence-electron chi connectivity index (χ3n) is 5.49. The average molecular weight is 413 g/mol. The van der Waals surface area contributed by atoms with Gasteiger partial charge in [0.25, 0.3) is 5.88 Å². The summed E-state index contributed by atoms with van der Waals surface area (Å²) in [5.41, 5.74) is 3.05. The maximum absolute atomic E-state index is 5.80. The Morgan fingerprint density at radius 2 is 1.90 bits per heavy atom. The van der Waals surface area contributed by atoms with Crippen molar-refractivity contribution >= 4 is 16.6 Å². The molecule has 1 unspecified atom stereocenters. The van der Waals surface area contributed by atoms with Crippen LogP contribution in [0.15, 0.2) is 61.3 Å². The van der Waals surface area contributed by atoms with Crippen molar-refractivity contribution in [3.63, 3.8) is 0 Å². The van der Waals surface area contributed by atoms with Crippen LogP contribution in [0.2, 0.25) is 0 Å². The summed E-state index contributed by atoms with van der Waals surface area (Å²) in [4.78, 5) is 17.3. The second kappa shape index (κ2) is 8.55. The first-order valence-electron chi connectivity index (χ1n) is 10.4. The molecule has 0 saturated carbocycles. The number of rotatable bonds is 6. The van der Waals surface area contributed by atoms with Gasteiger partial charge in [-0.1, -0.05) is 19.1 Å². The molecule has 4 aromatic rings. The average Bonchev–Trinajstić information content (AvgIpc) is 2.83. The number of benzene rings is 1. The van der Waals surface area contributed by atoms with E-state index in [1.165, 1.54) is 0 Å². The molecular weight excluding hydrogens is 390 g/mol. The molecule has 0 fully saturated rings. The first kappa shape index (κ1) is 19.2. The molecule has 4 heterocycles. The van der Waals surface area contributed by atoms with Crippen molar-refractivity contribution in [1.29, 1.82) is 0 Å².